The monoisotopic (exact) mass is 259 g/mol. The van der Waals surface area contributed by atoms with E-state index in [1.54, 1.807) is 0 Å². The zero-order chi connectivity index (χ0) is 13.1. The Bertz CT molecular complexity index is 416. The van der Waals surface area contributed by atoms with Crippen LogP contribution in [0.1, 0.15) is 37.7 Å². The minimum Gasteiger partial charge on any atom is -0.370 e. The van der Waals surface area contributed by atoms with Gasteiger partial charge in [0.2, 0.25) is 0 Å². The van der Waals surface area contributed by atoms with Gasteiger partial charge < -0.3 is 10.2 Å². The van der Waals surface area contributed by atoms with E-state index in [4.69, 9.17) is 0 Å². The molecule has 2 unspecified atom stereocenters. The van der Waals surface area contributed by atoms with Crippen molar-refractivity contribution in [3.63, 3.8) is 0 Å². The number of nitrogens with zero attached hydrogens (tertiary/aromatic N) is 2. The van der Waals surface area contributed by atoms with Gasteiger partial charge in [-0.3, -0.25) is 0 Å². The molecule has 2 saturated heterocycles. The molecule has 0 aliphatic carbocycles. The van der Waals surface area contributed by atoms with Gasteiger partial charge in [-0.15, -0.1) is 0 Å². The van der Waals surface area contributed by atoms with E-state index >= 15 is 0 Å². The van der Waals surface area contributed by atoms with Gasteiger partial charge in [0, 0.05) is 18.8 Å². The van der Waals surface area contributed by atoms with Crippen molar-refractivity contribution < 1.29 is 0 Å². The van der Waals surface area contributed by atoms with Crippen LogP contribution in [0.2, 0.25) is 0 Å². The molecule has 2 atom stereocenters. The van der Waals surface area contributed by atoms with Gasteiger partial charge in [0.05, 0.1) is 0 Å². The lowest BCUT2D eigenvalue weighted by Crippen LogP contribution is -2.49. The fourth-order valence-electron chi connectivity index (χ4n) is 3.68. The number of aryl methyl sites for hydroxylation is 1. The summed E-state index contributed by atoms with van der Waals surface area (Å²) >= 11 is 0. The highest BCUT2D eigenvalue weighted by Crippen LogP contribution is 2.30. The third kappa shape index (κ3) is 3.08. The molecule has 0 aromatic carbocycles. The van der Waals surface area contributed by atoms with Gasteiger partial charge in [-0.25, -0.2) is 4.98 Å². The molecule has 3 rings (SSSR count). The van der Waals surface area contributed by atoms with Gasteiger partial charge in [-0.05, 0) is 69.3 Å². The van der Waals surface area contributed by atoms with Crippen molar-refractivity contribution in [1.82, 2.24) is 9.88 Å². The second kappa shape index (κ2) is 5.91. The highest BCUT2D eigenvalue weighted by atomic mass is 15.2. The van der Waals surface area contributed by atoms with E-state index in [0.29, 0.717) is 0 Å². The average molecular weight is 259 g/mol. The second-order valence-corrected chi connectivity index (χ2v) is 6.10. The molecule has 0 amide bonds. The summed E-state index contributed by atoms with van der Waals surface area (Å²) in [6, 6.07) is 5.01. The van der Waals surface area contributed by atoms with Crippen molar-refractivity contribution in [2.75, 3.05) is 25.0 Å². The van der Waals surface area contributed by atoms with E-state index in [0.717, 1.165) is 24.3 Å². The summed E-state index contributed by atoms with van der Waals surface area (Å²) in [6.45, 7) is 5.85. The molecule has 1 aromatic heterocycles. The average Bonchev–Trinajstić information content (AvgIpc) is 2.45. The molecule has 104 valence electrons. The Labute approximate surface area is 116 Å². The molecule has 1 N–H and O–H groups in total. The number of fused-ring (bicyclic) bond motifs is 1. The van der Waals surface area contributed by atoms with Crippen molar-refractivity contribution in [2.45, 2.75) is 45.1 Å². The maximum absolute atomic E-state index is 4.40. The van der Waals surface area contributed by atoms with E-state index in [2.05, 4.69) is 34.3 Å². The lowest BCUT2D eigenvalue weighted by Gasteiger charge is -2.44. The molecule has 19 heavy (non-hydrogen) atoms. The normalized spacial score (nSPS) is 27.8. The fourth-order valence-corrected chi connectivity index (χ4v) is 3.68. The summed E-state index contributed by atoms with van der Waals surface area (Å²) in [5.41, 5.74) is 1.28. The maximum atomic E-state index is 4.40. The number of aromatic nitrogens is 1. The van der Waals surface area contributed by atoms with Crippen molar-refractivity contribution in [3.8, 4) is 0 Å². The smallest absolute Gasteiger partial charge is 0.126 e. The largest absolute Gasteiger partial charge is 0.370 e. The first kappa shape index (κ1) is 12.9. The van der Waals surface area contributed by atoms with Gasteiger partial charge in [-0.1, -0.05) is 6.42 Å². The van der Waals surface area contributed by atoms with Crippen molar-refractivity contribution in [1.29, 1.82) is 0 Å². The van der Waals surface area contributed by atoms with E-state index < -0.39 is 0 Å². The Morgan fingerprint density at radius 2 is 2.16 bits per heavy atom. The fraction of sp³-hybridized carbons (Fsp3) is 0.688. The van der Waals surface area contributed by atoms with Gasteiger partial charge in [-0.2, -0.15) is 0 Å². The summed E-state index contributed by atoms with van der Waals surface area (Å²) in [5, 5.41) is 3.55. The van der Waals surface area contributed by atoms with Crippen molar-refractivity contribution >= 4 is 5.82 Å². The Morgan fingerprint density at radius 3 is 3.05 bits per heavy atom. The van der Waals surface area contributed by atoms with Crippen LogP contribution in [0.25, 0.3) is 0 Å². The zero-order valence-electron chi connectivity index (χ0n) is 11.9. The third-order valence-electron chi connectivity index (χ3n) is 4.69. The Balaban J connectivity index is 1.59. The first-order valence-corrected chi connectivity index (χ1v) is 7.73. The lowest BCUT2D eigenvalue weighted by molar-refractivity contribution is 0.0649. The van der Waals surface area contributed by atoms with Crippen LogP contribution in [-0.2, 0) is 0 Å². The molecular formula is C16H25N3. The summed E-state index contributed by atoms with van der Waals surface area (Å²) in [5.74, 6) is 1.84. The molecule has 0 spiro atoms. The van der Waals surface area contributed by atoms with Crippen LogP contribution in [0.15, 0.2) is 18.3 Å². The van der Waals surface area contributed by atoms with Crippen molar-refractivity contribution in [3.05, 3.63) is 23.9 Å². The third-order valence-corrected chi connectivity index (χ3v) is 4.69. The van der Waals surface area contributed by atoms with Crippen molar-refractivity contribution in [2.24, 2.45) is 5.92 Å². The highest BCUT2D eigenvalue weighted by molar-refractivity contribution is 5.37. The van der Waals surface area contributed by atoms with Gasteiger partial charge >= 0.3 is 0 Å². The summed E-state index contributed by atoms with van der Waals surface area (Å²) in [4.78, 5) is 7.13. The van der Waals surface area contributed by atoms with Crippen LogP contribution in [0.5, 0.6) is 0 Å². The SMILES string of the molecule is Cc1ccnc(NCC2CCCN3CCCCC23)c1. The molecule has 3 nitrogen and oxygen atoms in total. The molecule has 2 aliphatic heterocycles. The van der Waals surface area contributed by atoms with E-state index in [9.17, 15) is 0 Å². The molecule has 0 saturated carbocycles. The minimum absolute atomic E-state index is 0.802. The highest BCUT2D eigenvalue weighted by Gasteiger charge is 2.32. The predicted octanol–water partition coefficient (Wildman–Crippen LogP) is 3.07. The zero-order valence-corrected chi connectivity index (χ0v) is 11.9. The van der Waals surface area contributed by atoms with Crippen LogP contribution in [-0.4, -0.2) is 35.6 Å². The van der Waals surface area contributed by atoms with Gasteiger partial charge in [0.15, 0.2) is 0 Å². The Kier molecular flexibility index (Phi) is 4.02. The number of rotatable bonds is 3. The maximum Gasteiger partial charge on any atom is 0.126 e. The van der Waals surface area contributed by atoms with Gasteiger partial charge in [0.1, 0.15) is 5.82 Å². The Morgan fingerprint density at radius 1 is 1.26 bits per heavy atom. The molecular weight excluding hydrogens is 234 g/mol. The van der Waals surface area contributed by atoms with Crippen LogP contribution < -0.4 is 5.32 Å². The number of hydrogen-bond donors (Lipinski definition) is 1. The first-order valence-electron chi connectivity index (χ1n) is 7.73. The van der Waals surface area contributed by atoms with E-state index in [1.165, 1.54) is 50.8 Å². The number of hydrogen-bond acceptors (Lipinski definition) is 3. The molecule has 3 heterocycles. The summed E-state index contributed by atoms with van der Waals surface area (Å²) in [6.07, 6.45) is 8.85. The second-order valence-electron chi connectivity index (χ2n) is 6.10. The van der Waals surface area contributed by atoms with Crippen LogP contribution >= 0.6 is 0 Å². The quantitative estimate of drug-likeness (QED) is 0.904. The predicted molar refractivity (Wildman–Crippen MR) is 79.4 cm³/mol. The summed E-state index contributed by atoms with van der Waals surface area (Å²) < 4.78 is 0. The number of piperidine rings is 2. The number of anilines is 1. The van der Waals surface area contributed by atoms with Crippen LogP contribution in [0.3, 0.4) is 0 Å². The van der Waals surface area contributed by atoms with E-state index in [-0.39, 0.29) is 0 Å². The minimum atomic E-state index is 0.802. The number of pyridine rings is 1. The number of nitrogens with one attached hydrogen (secondary N) is 1. The standard InChI is InChI=1S/C16H25N3/c1-13-7-8-17-16(11-13)18-12-14-5-4-10-19-9-3-2-6-15(14)19/h7-8,11,14-15H,2-6,9-10,12H2,1H3,(H,17,18). The first-order chi connectivity index (χ1) is 9.33. The van der Waals surface area contributed by atoms with E-state index in [1.807, 2.05) is 6.20 Å². The molecule has 2 fully saturated rings. The molecule has 0 bridgehead atoms. The molecule has 1 aromatic rings. The van der Waals surface area contributed by atoms with Crippen LogP contribution in [0.4, 0.5) is 5.82 Å². The Hall–Kier alpha value is -1.09. The molecule has 0 radical (unpaired) electrons. The van der Waals surface area contributed by atoms with Crippen LogP contribution in [0, 0.1) is 12.8 Å². The molecule has 2 aliphatic rings. The molecule has 3 heteroatoms. The van der Waals surface area contributed by atoms with Gasteiger partial charge in [0.25, 0.3) is 0 Å². The summed E-state index contributed by atoms with van der Waals surface area (Å²) in [7, 11) is 0. The lowest BCUT2D eigenvalue weighted by atomic mass is 9.83. The topological polar surface area (TPSA) is 28.2 Å².